The van der Waals surface area contributed by atoms with Crippen LogP contribution in [0, 0.1) is 38.4 Å². The van der Waals surface area contributed by atoms with Gasteiger partial charge in [0, 0.05) is 6.42 Å². The SMILES string of the molecule is CCCCOS(=O)(=O)c1ccc(C)cc1.Cc1cc(I)c(O)c2c1CCC2.Cc1cc(I)c(OCCCOc2c(I)cc(C)c3c2CCC3)c2c1CCC2. The van der Waals surface area contributed by atoms with Crippen molar-refractivity contribution in [3.63, 3.8) is 0 Å². The number of halogens is 3. The Kier molecular flexibility index (Phi) is 16.3. The summed E-state index contributed by atoms with van der Waals surface area (Å²) in [5.41, 5.74) is 13.7. The number of unbranched alkanes of at least 4 members (excludes halogenated alkanes) is 1. The third-order valence-corrected chi connectivity index (χ3v) is 14.2. The summed E-state index contributed by atoms with van der Waals surface area (Å²) in [6.07, 6.45) is 13.2. The molecular weight excluding hydrogens is 1040 g/mol. The predicted octanol–water partition coefficient (Wildman–Crippen LogP) is 11.6. The van der Waals surface area contributed by atoms with Gasteiger partial charge in [-0.25, -0.2) is 0 Å². The zero-order valence-electron chi connectivity index (χ0n) is 32.2. The molecule has 0 spiro atoms. The minimum absolute atomic E-state index is 0.226. The van der Waals surface area contributed by atoms with Crippen molar-refractivity contribution < 1.29 is 27.2 Å². The van der Waals surface area contributed by atoms with Crippen molar-refractivity contribution in [3.8, 4) is 17.2 Å². The van der Waals surface area contributed by atoms with Crippen LogP contribution in [-0.4, -0.2) is 33.3 Å². The fourth-order valence-electron chi connectivity index (χ4n) is 7.57. The molecule has 54 heavy (non-hydrogen) atoms. The molecular formula is C44H53I3O6S. The molecule has 6 nitrogen and oxygen atoms in total. The quantitative estimate of drug-likeness (QED) is 0.0916. The van der Waals surface area contributed by atoms with Crippen LogP contribution in [-0.2, 0) is 52.8 Å². The Labute approximate surface area is 364 Å². The molecule has 4 aromatic rings. The topological polar surface area (TPSA) is 82.1 Å². The van der Waals surface area contributed by atoms with E-state index >= 15 is 0 Å². The fourth-order valence-corrected chi connectivity index (χ4v) is 11.2. The normalized spacial score (nSPS) is 14.0. The Morgan fingerprint density at radius 1 is 0.593 bits per heavy atom. The lowest BCUT2D eigenvalue weighted by Gasteiger charge is -2.17. The predicted molar refractivity (Wildman–Crippen MR) is 244 cm³/mol. The number of ether oxygens (including phenoxy) is 2. The van der Waals surface area contributed by atoms with Gasteiger partial charge in [-0.3, -0.25) is 4.18 Å². The number of aryl methyl sites for hydroxylation is 4. The molecule has 0 heterocycles. The Morgan fingerprint density at radius 2 is 1.02 bits per heavy atom. The lowest BCUT2D eigenvalue weighted by molar-refractivity contribution is 0.243. The van der Waals surface area contributed by atoms with Gasteiger partial charge in [0.05, 0.1) is 35.4 Å². The summed E-state index contributed by atoms with van der Waals surface area (Å²) in [5, 5.41) is 9.74. The fraction of sp³-hybridized carbons (Fsp3) is 0.455. The molecule has 0 amide bonds. The maximum atomic E-state index is 11.6. The highest BCUT2D eigenvalue weighted by atomic mass is 127. The molecule has 0 radical (unpaired) electrons. The van der Waals surface area contributed by atoms with Crippen LogP contribution in [0.2, 0.25) is 0 Å². The summed E-state index contributed by atoms with van der Waals surface area (Å²) in [4.78, 5) is 0.226. The molecule has 0 unspecified atom stereocenters. The van der Waals surface area contributed by atoms with E-state index in [0.717, 1.165) is 78.8 Å². The average Bonchev–Trinajstić information content (AvgIpc) is 3.93. The summed E-state index contributed by atoms with van der Waals surface area (Å²) < 4.78 is 44.0. The van der Waals surface area contributed by atoms with Gasteiger partial charge < -0.3 is 14.6 Å². The highest BCUT2D eigenvalue weighted by molar-refractivity contribution is 14.1. The van der Waals surface area contributed by atoms with E-state index in [4.69, 9.17) is 13.7 Å². The summed E-state index contributed by atoms with van der Waals surface area (Å²) in [5.74, 6) is 2.77. The van der Waals surface area contributed by atoms with Gasteiger partial charge in [0.25, 0.3) is 10.1 Å². The Balaban J connectivity index is 0.000000175. The van der Waals surface area contributed by atoms with Gasteiger partial charge in [-0.1, -0.05) is 31.0 Å². The van der Waals surface area contributed by atoms with Gasteiger partial charge >= 0.3 is 0 Å². The molecule has 3 aliphatic carbocycles. The van der Waals surface area contributed by atoms with Crippen molar-refractivity contribution in [2.45, 2.75) is 117 Å². The summed E-state index contributed by atoms with van der Waals surface area (Å²) in [6, 6.07) is 13.3. The van der Waals surface area contributed by atoms with E-state index in [1.54, 1.807) is 24.3 Å². The molecule has 1 N–H and O–H groups in total. The molecule has 0 saturated carbocycles. The van der Waals surface area contributed by atoms with Crippen LogP contribution >= 0.6 is 67.8 Å². The van der Waals surface area contributed by atoms with Gasteiger partial charge in [0.1, 0.15) is 17.2 Å². The second-order valence-electron chi connectivity index (χ2n) is 14.5. The van der Waals surface area contributed by atoms with E-state index in [9.17, 15) is 13.5 Å². The lowest BCUT2D eigenvalue weighted by atomic mass is 10.0. The number of aromatic hydroxyl groups is 1. The monoisotopic (exact) mass is 1090 g/mol. The number of benzene rings is 4. The number of fused-ring (bicyclic) bond motifs is 3. The molecule has 4 aromatic carbocycles. The number of hydrogen-bond acceptors (Lipinski definition) is 6. The van der Waals surface area contributed by atoms with E-state index < -0.39 is 10.1 Å². The number of phenolic OH excluding ortho intramolecular Hbond substituents is 1. The second-order valence-corrected chi connectivity index (χ2v) is 19.6. The maximum absolute atomic E-state index is 11.6. The molecule has 3 aliphatic rings. The van der Waals surface area contributed by atoms with Crippen LogP contribution in [0.3, 0.4) is 0 Å². The second kappa shape index (κ2) is 20.2. The zero-order chi connectivity index (χ0) is 39.0. The highest BCUT2D eigenvalue weighted by Gasteiger charge is 2.23. The van der Waals surface area contributed by atoms with Gasteiger partial charge in [-0.2, -0.15) is 8.42 Å². The lowest BCUT2D eigenvalue weighted by Crippen LogP contribution is -2.09. The summed E-state index contributed by atoms with van der Waals surface area (Å²) in [6.45, 7) is 12.2. The molecule has 0 aromatic heterocycles. The van der Waals surface area contributed by atoms with Gasteiger partial charge in [-0.15, -0.1) is 0 Å². The first kappa shape index (κ1) is 43.5. The largest absolute Gasteiger partial charge is 0.507 e. The molecule has 0 fully saturated rings. The van der Waals surface area contributed by atoms with E-state index in [1.807, 2.05) is 13.8 Å². The molecule has 7 rings (SSSR count). The zero-order valence-corrected chi connectivity index (χ0v) is 39.5. The van der Waals surface area contributed by atoms with Crippen LogP contribution in [0.25, 0.3) is 0 Å². The van der Waals surface area contributed by atoms with Gasteiger partial charge in [-0.05, 0) is 240 Å². The van der Waals surface area contributed by atoms with Crippen LogP contribution < -0.4 is 9.47 Å². The summed E-state index contributed by atoms with van der Waals surface area (Å²) in [7, 11) is -3.55. The highest BCUT2D eigenvalue weighted by Crippen LogP contribution is 2.39. The first-order valence-corrected chi connectivity index (χ1v) is 23.8. The molecule has 0 aliphatic heterocycles. The first-order chi connectivity index (χ1) is 25.8. The number of hydrogen-bond donors (Lipinski definition) is 1. The Hall–Kier alpha value is -1.62. The van der Waals surface area contributed by atoms with Crippen molar-refractivity contribution in [1.29, 1.82) is 0 Å². The molecule has 10 heteroatoms. The first-order valence-electron chi connectivity index (χ1n) is 19.2. The average molecular weight is 1090 g/mol. The van der Waals surface area contributed by atoms with Crippen molar-refractivity contribution in [2.75, 3.05) is 19.8 Å². The summed E-state index contributed by atoms with van der Waals surface area (Å²) >= 11 is 7.03. The standard InChI is InChI=1S/C23H26I2O2.C11H16O3S.C10H11IO/c1-14-12-20(24)22(18-8-3-6-16(14)18)26-10-5-11-27-23-19-9-4-7-17(19)15(2)13-21(23)25;1-3-4-9-14-15(12,13)11-7-5-10(2)6-8-11;1-6-5-9(11)10(12)8-4-2-3-7(6)8/h12-13H,3-11H2,1-2H3;5-8H,3-4,9H2,1-2H3;5,12H,2-4H2,1H3. The van der Waals surface area contributed by atoms with Crippen molar-refractivity contribution >= 4 is 77.9 Å². The van der Waals surface area contributed by atoms with Crippen molar-refractivity contribution in [3.05, 3.63) is 109 Å². The van der Waals surface area contributed by atoms with Crippen molar-refractivity contribution in [2.24, 2.45) is 0 Å². The van der Waals surface area contributed by atoms with Gasteiger partial charge in [0.15, 0.2) is 0 Å². The minimum Gasteiger partial charge on any atom is -0.507 e. The molecule has 0 bridgehead atoms. The minimum atomic E-state index is -3.55. The maximum Gasteiger partial charge on any atom is 0.296 e. The smallest absolute Gasteiger partial charge is 0.296 e. The Morgan fingerprint density at radius 3 is 1.50 bits per heavy atom. The van der Waals surface area contributed by atoms with Gasteiger partial charge in [0.2, 0.25) is 0 Å². The third-order valence-electron chi connectivity index (χ3n) is 10.4. The van der Waals surface area contributed by atoms with E-state index in [1.165, 1.54) is 89.3 Å². The van der Waals surface area contributed by atoms with E-state index in [-0.39, 0.29) is 11.5 Å². The number of phenols is 1. The Bertz CT molecular complexity index is 1970. The van der Waals surface area contributed by atoms with Crippen LogP contribution in [0.4, 0.5) is 0 Å². The molecule has 292 valence electrons. The number of rotatable bonds is 11. The van der Waals surface area contributed by atoms with Crippen LogP contribution in [0.5, 0.6) is 17.2 Å². The molecule has 0 saturated heterocycles. The van der Waals surface area contributed by atoms with E-state index in [2.05, 4.69) is 107 Å². The van der Waals surface area contributed by atoms with E-state index in [0.29, 0.717) is 5.75 Å². The van der Waals surface area contributed by atoms with Crippen LogP contribution in [0.15, 0.2) is 47.4 Å². The van der Waals surface area contributed by atoms with Crippen LogP contribution in [0.1, 0.15) is 101 Å². The van der Waals surface area contributed by atoms with Crippen molar-refractivity contribution in [1.82, 2.24) is 0 Å². The molecule has 0 atom stereocenters. The third kappa shape index (κ3) is 10.9.